The molecule has 120 valence electrons. The van der Waals surface area contributed by atoms with Crippen LogP contribution in [0.15, 0.2) is 24.3 Å². The van der Waals surface area contributed by atoms with Gasteiger partial charge in [-0.25, -0.2) is 0 Å². The van der Waals surface area contributed by atoms with Crippen molar-refractivity contribution in [3.8, 4) is 5.75 Å². The fraction of sp³-hybridized carbons (Fsp3) is 0.611. The summed E-state index contributed by atoms with van der Waals surface area (Å²) in [5, 5.41) is 3.32. The number of likely N-dealkylation sites (tertiary alicyclic amines) is 1. The lowest BCUT2D eigenvalue weighted by molar-refractivity contribution is -0.126. The standard InChI is InChI=1S/C18H26N2O2/c1-17(2,14-6-4-7-15(12-14)22-3)16(21)19-18(8-9-18)13-20-10-5-11-20/h4,6-7,12H,5,8-11,13H2,1-3H3,(H,19,21). The lowest BCUT2D eigenvalue weighted by Crippen LogP contribution is -2.53. The molecule has 4 heteroatoms. The first kappa shape index (κ1) is 15.3. The summed E-state index contributed by atoms with van der Waals surface area (Å²) in [6, 6.07) is 7.80. The van der Waals surface area contributed by atoms with E-state index in [4.69, 9.17) is 4.74 Å². The van der Waals surface area contributed by atoms with Gasteiger partial charge in [0, 0.05) is 6.54 Å². The second-order valence-electron chi connectivity index (χ2n) is 7.22. The van der Waals surface area contributed by atoms with Crippen LogP contribution >= 0.6 is 0 Å². The van der Waals surface area contributed by atoms with Gasteiger partial charge in [0.15, 0.2) is 0 Å². The van der Waals surface area contributed by atoms with Gasteiger partial charge >= 0.3 is 0 Å². The maximum atomic E-state index is 12.8. The first-order valence-electron chi connectivity index (χ1n) is 8.15. The Morgan fingerprint density at radius 1 is 1.36 bits per heavy atom. The van der Waals surface area contributed by atoms with Crippen molar-refractivity contribution in [1.82, 2.24) is 10.2 Å². The molecule has 1 saturated heterocycles. The van der Waals surface area contributed by atoms with Gasteiger partial charge in [-0.05, 0) is 63.9 Å². The molecule has 4 nitrogen and oxygen atoms in total. The molecule has 0 radical (unpaired) electrons. The second kappa shape index (κ2) is 5.58. The van der Waals surface area contributed by atoms with Gasteiger partial charge in [0.2, 0.25) is 5.91 Å². The van der Waals surface area contributed by atoms with E-state index < -0.39 is 5.41 Å². The predicted octanol–water partition coefficient (Wildman–Crippen LogP) is 2.33. The number of hydrogen-bond donors (Lipinski definition) is 1. The van der Waals surface area contributed by atoms with Gasteiger partial charge in [0.05, 0.1) is 18.1 Å². The van der Waals surface area contributed by atoms with E-state index in [9.17, 15) is 4.79 Å². The van der Waals surface area contributed by atoms with E-state index in [1.807, 2.05) is 38.1 Å². The van der Waals surface area contributed by atoms with Crippen molar-refractivity contribution in [2.45, 2.75) is 44.1 Å². The fourth-order valence-electron chi connectivity index (χ4n) is 2.98. The Balaban J connectivity index is 1.69. The van der Waals surface area contributed by atoms with E-state index in [1.54, 1.807) is 7.11 Å². The van der Waals surface area contributed by atoms with Crippen molar-refractivity contribution in [3.63, 3.8) is 0 Å². The van der Waals surface area contributed by atoms with Crippen molar-refractivity contribution in [3.05, 3.63) is 29.8 Å². The minimum Gasteiger partial charge on any atom is -0.497 e. The smallest absolute Gasteiger partial charge is 0.230 e. The molecule has 22 heavy (non-hydrogen) atoms. The van der Waals surface area contributed by atoms with E-state index in [1.165, 1.54) is 19.5 Å². The van der Waals surface area contributed by atoms with Gasteiger partial charge in [0.25, 0.3) is 0 Å². The van der Waals surface area contributed by atoms with E-state index in [2.05, 4.69) is 10.2 Å². The van der Waals surface area contributed by atoms with Gasteiger partial charge in [-0.15, -0.1) is 0 Å². The van der Waals surface area contributed by atoms with Crippen LogP contribution in [-0.4, -0.2) is 43.1 Å². The Morgan fingerprint density at radius 2 is 2.09 bits per heavy atom. The number of hydrogen-bond acceptors (Lipinski definition) is 3. The third kappa shape index (κ3) is 2.98. The second-order valence-corrected chi connectivity index (χ2v) is 7.22. The largest absolute Gasteiger partial charge is 0.497 e. The molecule has 1 aliphatic carbocycles. The molecule has 1 aromatic carbocycles. The predicted molar refractivity (Wildman–Crippen MR) is 87.2 cm³/mol. The molecule has 2 fully saturated rings. The summed E-state index contributed by atoms with van der Waals surface area (Å²) in [5.41, 5.74) is 0.455. The van der Waals surface area contributed by atoms with E-state index in [-0.39, 0.29) is 11.4 Å². The van der Waals surface area contributed by atoms with Crippen molar-refractivity contribution in [1.29, 1.82) is 0 Å². The summed E-state index contributed by atoms with van der Waals surface area (Å²) in [4.78, 5) is 15.3. The molecular formula is C18H26N2O2. The van der Waals surface area contributed by atoms with Gasteiger partial charge in [0.1, 0.15) is 5.75 Å². The first-order valence-corrected chi connectivity index (χ1v) is 8.15. The number of methoxy groups -OCH3 is 1. The van der Waals surface area contributed by atoms with E-state index in [0.29, 0.717) is 0 Å². The van der Waals surface area contributed by atoms with Crippen LogP contribution in [-0.2, 0) is 10.2 Å². The van der Waals surface area contributed by atoms with Crippen LogP contribution in [0.2, 0.25) is 0 Å². The van der Waals surface area contributed by atoms with Crippen LogP contribution in [0, 0.1) is 0 Å². The van der Waals surface area contributed by atoms with Gasteiger partial charge < -0.3 is 15.0 Å². The number of nitrogens with one attached hydrogen (secondary N) is 1. The highest BCUT2D eigenvalue weighted by atomic mass is 16.5. The topological polar surface area (TPSA) is 41.6 Å². The summed E-state index contributed by atoms with van der Waals surface area (Å²) >= 11 is 0. The van der Waals surface area contributed by atoms with Crippen LogP contribution in [0.1, 0.15) is 38.7 Å². The average Bonchev–Trinajstić information content (AvgIpc) is 3.23. The average molecular weight is 302 g/mol. The van der Waals surface area contributed by atoms with E-state index in [0.717, 1.165) is 30.7 Å². The Kier molecular flexibility index (Phi) is 3.89. The highest BCUT2D eigenvalue weighted by molar-refractivity contribution is 5.88. The minimum absolute atomic E-state index is 0.0215. The molecular weight excluding hydrogens is 276 g/mol. The molecule has 3 rings (SSSR count). The molecule has 1 aliphatic heterocycles. The molecule has 0 bridgehead atoms. The first-order chi connectivity index (χ1) is 10.5. The number of carbonyl (C=O) groups is 1. The van der Waals surface area contributed by atoms with Crippen LogP contribution in [0.5, 0.6) is 5.75 Å². The van der Waals surface area contributed by atoms with Crippen LogP contribution in [0.25, 0.3) is 0 Å². The molecule has 0 atom stereocenters. The van der Waals surface area contributed by atoms with Gasteiger partial charge in [-0.2, -0.15) is 0 Å². The third-order valence-corrected chi connectivity index (χ3v) is 5.07. The van der Waals surface area contributed by atoms with Crippen molar-refractivity contribution >= 4 is 5.91 Å². The number of amides is 1. The zero-order chi connectivity index (χ0) is 15.8. The van der Waals surface area contributed by atoms with Crippen molar-refractivity contribution in [2.24, 2.45) is 0 Å². The Bertz CT molecular complexity index is 560. The minimum atomic E-state index is -0.556. The Labute approximate surface area is 132 Å². The molecule has 2 aliphatic rings. The highest BCUT2D eigenvalue weighted by Gasteiger charge is 2.48. The lowest BCUT2D eigenvalue weighted by Gasteiger charge is -2.36. The lowest BCUT2D eigenvalue weighted by atomic mass is 9.83. The highest BCUT2D eigenvalue weighted by Crippen LogP contribution is 2.38. The summed E-state index contributed by atoms with van der Waals surface area (Å²) < 4.78 is 5.28. The number of benzene rings is 1. The SMILES string of the molecule is COc1cccc(C(C)(C)C(=O)NC2(CN3CCC3)CC2)c1. The molecule has 1 aromatic rings. The van der Waals surface area contributed by atoms with E-state index >= 15 is 0 Å². The van der Waals surface area contributed by atoms with Crippen molar-refractivity contribution in [2.75, 3.05) is 26.7 Å². The zero-order valence-corrected chi connectivity index (χ0v) is 13.8. The maximum absolute atomic E-state index is 12.8. The van der Waals surface area contributed by atoms with Crippen LogP contribution in [0.4, 0.5) is 0 Å². The number of carbonyl (C=O) groups excluding carboxylic acids is 1. The third-order valence-electron chi connectivity index (χ3n) is 5.07. The van der Waals surface area contributed by atoms with Gasteiger partial charge in [-0.3, -0.25) is 4.79 Å². The quantitative estimate of drug-likeness (QED) is 0.877. The zero-order valence-electron chi connectivity index (χ0n) is 13.8. The molecule has 1 N–H and O–H groups in total. The molecule has 0 unspecified atom stereocenters. The summed E-state index contributed by atoms with van der Waals surface area (Å²) in [6.45, 7) is 7.33. The summed E-state index contributed by atoms with van der Waals surface area (Å²) in [6.07, 6.45) is 3.49. The fourth-order valence-corrected chi connectivity index (χ4v) is 2.98. The molecule has 0 aromatic heterocycles. The number of rotatable bonds is 6. The molecule has 1 amide bonds. The summed E-state index contributed by atoms with van der Waals surface area (Å²) in [5.74, 6) is 0.902. The normalized spacial score (nSPS) is 20.1. The van der Waals surface area contributed by atoms with Crippen molar-refractivity contribution < 1.29 is 9.53 Å². The summed E-state index contributed by atoms with van der Waals surface area (Å²) in [7, 11) is 1.65. The number of ether oxygens (including phenoxy) is 1. The Hall–Kier alpha value is -1.55. The molecule has 0 spiro atoms. The number of nitrogens with zero attached hydrogens (tertiary/aromatic N) is 1. The molecule has 1 heterocycles. The van der Waals surface area contributed by atoms with Crippen LogP contribution < -0.4 is 10.1 Å². The van der Waals surface area contributed by atoms with Gasteiger partial charge in [-0.1, -0.05) is 12.1 Å². The van der Waals surface area contributed by atoms with Crippen LogP contribution in [0.3, 0.4) is 0 Å². The molecule has 1 saturated carbocycles. The monoisotopic (exact) mass is 302 g/mol. The Morgan fingerprint density at radius 3 is 2.64 bits per heavy atom. The maximum Gasteiger partial charge on any atom is 0.230 e.